The molecule has 2 N–H and O–H groups in total. The number of hydrogen-bond acceptors (Lipinski definition) is 5. The first-order valence-corrected chi connectivity index (χ1v) is 12.6. The number of hydrogen-bond donors (Lipinski definition) is 2. The standard InChI is InChI=1S/C28H28Cl2N4O2/c1-19(21-4-2-20(17-31)3-5-21)33-13-14-34(27(18-33)22-6-9-24(29)10-7-22)26-11-8-23(16-25(26)30)28(36)32-12-15-35/h2-11,16,19,27,35H,12-15,18H2,1H3,(H,32,36)/t19-,27+/m1/s1. The van der Waals surface area contributed by atoms with Gasteiger partial charge in [0.25, 0.3) is 5.91 Å². The highest BCUT2D eigenvalue weighted by atomic mass is 35.5. The zero-order valence-electron chi connectivity index (χ0n) is 20.0. The normalized spacial score (nSPS) is 16.9. The summed E-state index contributed by atoms with van der Waals surface area (Å²) in [5.41, 5.74) is 4.25. The van der Waals surface area contributed by atoms with Gasteiger partial charge in [0.15, 0.2) is 0 Å². The second-order valence-corrected chi connectivity index (χ2v) is 9.65. The third kappa shape index (κ3) is 5.83. The number of aliphatic hydroxyl groups excluding tert-OH is 1. The highest BCUT2D eigenvalue weighted by Crippen LogP contribution is 2.38. The Morgan fingerprint density at radius 1 is 1.11 bits per heavy atom. The molecule has 1 aliphatic heterocycles. The third-order valence-electron chi connectivity index (χ3n) is 6.65. The van der Waals surface area contributed by atoms with E-state index in [0.717, 1.165) is 36.4 Å². The summed E-state index contributed by atoms with van der Waals surface area (Å²) in [5, 5.41) is 21.9. The molecule has 3 aromatic rings. The number of carbonyl (C=O) groups excluding carboxylic acids is 1. The van der Waals surface area contributed by atoms with Gasteiger partial charge < -0.3 is 15.3 Å². The quantitative estimate of drug-likeness (QED) is 0.445. The lowest BCUT2D eigenvalue weighted by molar-refractivity contribution is 0.0945. The first kappa shape index (κ1) is 26.0. The van der Waals surface area contributed by atoms with E-state index in [1.165, 1.54) is 0 Å². The van der Waals surface area contributed by atoms with Crippen LogP contribution in [0.4, 0.5) is 5.69 Å². The van der Waals surface area contributed by atoms with Crippen molar-refractivity contribution in [2.45, 2.75) is 19.0 Å². The molecule has 1 amide bonds. The van der Waals surface area contributed by atoms with Gasteiger partial charge in [-0.05, 0) is 60.5 Å². The number of carbonyl (C=O) groups is 1. The summed E-state index contributed by atoms with van der Waals surface area (Å²) in [6.07, 6.45) is 0. The maximum atomic E-state index is 12.3. The summed E-state index contributed by atoms with van der Waals surface area (Å²) in [6, 6.07) is 23.3. The Labute approximate surface area is 221 Å². The summed E-state index contributed by atoms with van der Waals surface area (Å²) < 4.78 is 0. The number of benzene rings is 3. The number of nitriles is 1. The van der Waals surface area contributed by atoms with Gasteiger partial charge in [0, 0.05) is 42.8 Å². The molecule has 1 fully saturated rings. The van der Waals surface area contributed by atoms with E-state index in [-0.39, 0.29) is 31.1 Å². The van der Waals surface area contributed by atoms with E-state index in [0.29, 0.717) is 21.2 Å². The van der Waals surface area contributed by atoms with Crippen molar-refractivity contribution in [3.63, 3.8) is 0 Å². The molecule has 2 atom stereocenters. The SMILES string of the molecule is C[C@H](c1ccc(C#N)cc1)N1CCN(c2ccc(C(=O)NCCO)cc2Cl)[C@H](c2ccc(Cl)cc2)C1. The van der Waals surface area contributed by atoms with Crippen molar-refractivity contribution in [2.24, 2.45) is 0 Å². The van der Waals surface area contributed by atoms with Crippen molar-refractivity contribution < 1.29 is 9.90 Å². The van der Waals surface area contributed by atoms with Crippen molar-refractivity contribution in [1.29, 1.82) is 5.26 Å². The number of rotatable bonds is 7. The monoisotopic (exact) mass is 522 g/mol. The minimum absolute atomic E-state index is 0.0170. The maximum Gasteiger partial charge on any atom is 0.251 e. The van der Waals surface area contributed by atoms with Crippen LogP contribution in [0.25, 0.3) is 0 Å². The van der Waals surface area contributed by atoms with Crippen LogP contribution in [0.2, 0.25) is 10.0 Å². The molecule has 6 nitrogen and oxygen atoms in total. The molecule has 0 bridgehead atoms. The Balaban J connectivity index is 1.61. The predicted molar refractivity (Wildman–Crippen MR) is 144 cm³/mol. The van der Waals surface area contributed by atoms with Crippen LogP contribution in [-0.4, -0.2) is 48.7 Å². The predicted octanol–water partition coefficient (Wildman–Crippen LogP) is 5.21. The lowest BCUT2D eigenvalue weighted by Gasteiger charge is -2.45. The number of amides is 1. The van der Waals surface area contributed by atoms with Crippen LogP contribution in [0.3, 0.4) is 0 Å². The topological polar surface area (TPSA) is 79.6 Å². The smallest absolute Gasteiger partial charge is 0.251 e. The zero-order valence-corrected chi connectivity index (χ0v) is 21.5. The van der Waals surface area contributed by atoms with Crippen molar-refractivity contribution in [3.05, 3.63) is 99.0 Å². The summed E-state index contributed by atoms with van der Waals surface area (Å²) in [4.78, 5) is 17.0. The first-order chi connectivity index (χ1) is 17.4. The van der Waals surface area contributed by atoms with Crippen molar-refractivity contribution in [1.82, 2.24) is 10.2 Å². The molecule has 0 aromatic heterocycles. The summed E-state index contributed by atoms with van der Waals surface area (Å²) in [7, 11) is 0. The Morgan fingerprint density at radius 3 is 2.47 bits per heavy atom. The number of aliphatic hydroxyl groups is 1. The molecule has 8 heteroatoms. The number of nitrogens with zero attached hydrogens (tertiary/aromatic N) is 3. The van der Waals surface area contributed by atoms with Gasteiger partial charge in [-0.3, -0.25) is 9.69 Å². The van der Waals surface area contributed by atoms with Gasteiger partial charge in [-0.1, -0.05) is 47.5 Å². The Kier molecular flexibility index (Phi) is 8.50. The van der Waals surface area contributed by atoms with Crippen LogP contribution in [0.15, 0.2) is 66.7 Å². The van der Waals surface area contributed by atoms with Crippen LogP contribution in [0.1, 0.15) is 46.1 Å². The summed E-state index contributed by atoms with van der Waals surface area (Å²) in [6.45, 7) is 4.58. The van der Waals surface area contributed by atoms with Gasteiger partial charge in [-0.25, -0.2) is 0 Å². The number of halogens is 2. The minimum Gasteiger partial charge on any atom is -0.395 e. The largest absolute Gasteiger partial charge is 0.395 e. The van der Waals surface area contributed by atoms with E-state index in [1.54, 1.807) is 12.1 Å². The Hall–Kier alpha value is -3.08. The fourth-order valence-corrected chi connectivity index (χ4v) is 5.03. The maximum absolute atomic E-state index is 12.3. The van der Waals surface area contributed by atoms with E-state index >= 15 is 0 Å². The third-order valence-corrected chi connectivity index (χ3v) is 7.21. The Bertz CT molecular complexity index is 1240. The van der Waals surface area contributed by atoms with Crippen LogP contribution >= 0.6 is 23.2 Å². The number of anilines is 1. The molecular weight excluding hydrogens is 495 g/mol. The Morgan fingerprint density at radius 2 is 1.83 bits per heavy atom. The van der Waals surface area contributed by atoms with Gasteiger partial charge >= 0.3 is 0 Å². The summed E-state index contributed by atoms with van der Waals surface area (Å²) in [5.74, 6) is -0.271. The van der Waals surface area contributed by atoms with Crippen molar-refractivity contribution in [3.8, 4) is 6.07 Å². The molecule has 1 saturated heterocycles. The zero-order chi connectivity index (χ0) is 25.7. The lowest BCUT2D eigenvalue weighted by atomic mass is 9.98. The van der Waals surface area contributed by atoms with Gasteiger partial charge in [0.1, 0.15) is 0 Å². The van der Waals surface area contributed by atoms with Crippen LogP contribution in [-0.2, 0) is 0 Å². The van der Waals surface area contributed by atoms with E-state index in [1.807, 2.05) is 54.6 Å². The van der Waals surface area contributed by atoms with E-state index < -0.39 is 0 Å². The molecule has 0 spiro atoms. The average molecular weight is 523 g/mol. The summed E-state index contributed by atoms with van der Waals surface area (Å²) >= 11 is 12.9. The number of nitrogens with one attached hydrogen (secondary N) is 1. The molecule has 3 aromatic carbocycles. The van der Waals surface area contributed by atoms with E-state index in [9.17, 15) is 4.79 Å². The highest BCUT2D eigenvalue weighted by Gasteiger charge is 2.32. The van der Waals surface area contributed by atoms with Gasteiger partial charge in [-0.2, -0.15) is 5.26 Å². The molecule has 1 aliphatic rings. The molecule has 0 saturated carbocycles. The van der Waals surface area contributed by atoms with Crippen molar-refractivity contribution >= 4 is 34.8 Å². The molecule has 0 aliphatic carbocycles. The second kappa shape index (κ2) is 11.8. The first-order valence-electron chi connectivity index (χ1n) is 11.9. The molecule has 186 valence electrons. The molecule has 1 heterocycles. The lowest BCUT2D eigenvalue weighted by Crippen LogP contribution is -2.49. The fraction of sp³-hybridized carbons (Fsp3) is 0.286. The average Bonchev–Trinajstić information content (AvgIpc) is 2.91. The second-order valence-electron chi connectivity index (χ2n) is 8.81. The van der Waals surface area contributed by atoms with Gasteiger partial charge in [-0.15, -0.1) is 0 Å². The van der Waals surface area contributed by atoms with Crippen LogP contribution in [0, 0.1) is 11.3 Å². The minimum atomic E-state index is -0.271. The molecule has 0 radical (unpaired) electrons. The molecule has 36 heavy (non-hydrogen) atoms. The van der Waals surface area contributed by atoms with Gasteiger partial charge in [0.2, 0.25) is 0 Å². The van der Waals surface area contributed by atoms with Crippen LogP contribution < -0.4 is 10.2 Å². The molecular formula is C28H28Cl2N4O2. The fourth-order valence-electron chi connectivity index (χ4n) is 4.61. The van der Waals surface area contributed by atoms with Crippen LogP contribution in [0.5, 0.6) is 0 Å². The molecule has 0 unspecified atom stereocenters. The van der Waals surface area contributed by atoms with E-state index in [2.05, 4.69) is 28.1 Å². The highest BCUT2D eigenvalue weighted by molar-refractivity contribution is 6.33. The number of piperazine rings is 1. The molecule has 4 rings (SSSR count). The van der Waals surface area contributed by atoms with E-state index in [4.69, 9.17) is 33.6 Å². The van der Waals surface area contributed by atoms with Crippen molar-refractivity contribution in [2.75, 3.05) is 37.7 Å². The van der Waals surface area contributed by atoms with Gasteiger partial charge in [0.05, 0.1) is 35.0 Å².